The van der Waals surface area contributed by atoms with Crippen molar-refractivity contribution in [2.45, 2.75) is 108 Å². The fourth-order valence-corrected chi connectivity index (χ4v) is 9.33. The molecular weight excluding hydrogens is 554 g/mol. The summed E-state index contributed by atoms with van der Waals surface area (Å²) in [6.07, 6.45) is 10.9. The lowest BCUT2D eigenvalue weighted by atomic mass is 9.55. The van der Waals surface area contributed by atoms with Gasteiger partial charge in [-0.25, -0.2) is 19.6 Å². The van der Waals surface area contributed by atoms with Gasteiger partial charge in [-0.05, 0) is 103 Å². The molecule has 5 unspecified atom stereocenters. The molecule has 3 aliphatic carbocycles. The highest BCUT2D eigenvalue weighted by Crippen LogP contribution is 2.62. The molecule has 43 heavy (non-hydrogen) atoms. The van der Waals surface area contributed by atoms with Crippen molar-refractivity contribution in [1.29, 1.82) is 0 Å². The zero-order valence-corrected chi connectivity index (χ0v) is 28.5. The average molecular weight is 608 g/mol. The first-order chi connectivity index (χ1) is 20.2. The average Bonchev–Trinajstić information content (AvgIpc) is 3.30. The van der Waals surface area contributed by atoms with Crippen LogP contribution >= 0.6 is 10.0 Å². The van der Waals surface area contributed by atoms with Gasteiger partial charge in [-0.15, -0.1) is 0 Å². The van der Waals surface area contributed by atoms with E-state index >= 15 is 0 Å². The summed E-state index contributed by atoms with van der Waals surface area (Å²) < 4.78 is 12.0. The van der Waals surface area contributed by atoms with Crippen molar-refractivity contribution in [3.05, 3.63) is 70.8 Å². The maximum absolute atomic E-state index is 13.3. The molecule has 2 saturated carbocycles. The highest BCUT2D eigenvalue weighted by atomic mass is 32.3. The number of rotatable bonds is 7. The number of nitrogens with zero attached hydrogens (tertiary/aromatic N) is 1. The second-order valence-corrected chi connectivity index (χ2v) is 19.7. The Hall–Kier alpha value is -2.47. The van der Waals surface area contributed by atoms with Crippen molar-refractivity contribution in [2.75, 3.05) is 19.6 Å². The summed E-state index contributed by atoms with van der Waals surface area (Å²) >= 11 is 0. The standard InChI is InChI=1S/C37H53NO4S/c1-25(38(6)35(40)41-23-26-12-10-9-11-13-26)34(39)42-33-19-18-32-31-17-15-28-22-27(24-43(7,8)36(2,3)4)14-16-29(28)30(31)20-21-37(32,33)5/h9-14,16,22,25,30-33H,15,17-21,23-24H2,1-8H3/t25-,30?,31?,32?,33?,37?/m0/s1. The van der Waals surface area contributed by atoms with Gasteiger partial charge in [0.25, 0.3) is 0 Å². The van der Waals surface area contributed by atoms with Crippen LogP contribution in [0.4, 0.5) is 4.79 Å². The van der Waals surface area contributed by atoms with Gasteiger partial charge < -0.3 is 9.47 Å². The molecule has 6 atom stereocenters. The minimum Gasteiger partial charge on any atom is -0.460 e. The van der Waals surface area contributed by atoms with Gasteiger partial charge in [-0.3, -0.25) is 4.90 Å². The fourth-order valence-electron chi connectivity index (χ4n) is 7.88. The monoisotopic (exact) mass is 607 g/mol. The third-order valence-corrected chi connectivity index (χ3v) is 15.9. The van der Waals surface area contributed by atoms with Gasteiger partial charge in [0.05, 0.1) is 0 Å². The van der Waals surface area contributed by atoms with E-state index < -0.39 is 22.2 Å². The Morgan fingerprint density at radius 3 is 2.44 bits per heavy atom. The summed E-state index contributed by atoms with van der Waals surface area (Å²) in [5.41, 5.74) is 5.55. The van der Waals surface area contributed by atoms with Gasteiger partial charge in [-0.2, -0.15) is 0 Å². The number of ether oxygens (including phenoxy) is 2. The molecule has 0 heterocycles. The van der Waals surface area contributed by atoms with Crippen molar-refractivity contribution in [1.82, 2.24) is 4.90 Å². The van der Waals surface area contributed by atoms with Gasteiger partial charge in [-0.1, -0.05) is 76.2 Å². The molecule has 0 N–H and O–H groups in total. The van der Waals surface area contributed by atoms with Crippen LogP contribution in [0.25, 0.3) is 0 Å². The Bertz CT molecular complexity index is 1320. The number of hydrogen-bond acceptors (Lipinski definition) is 4. The Balaban J connectivity index is 1.21. The molecule has 0 spiro atoms. The van der Waals surface area contributed by atoms with Crippen LogP contribution in [-0.4, -0.2) is 53.4 Å². The van der Waals surface area contributed by atoms with Crippen LogP contribution in [0.1, 0.15) is 94.9 Å². The lowest BCUT2D eigenvalue weighted by Crippen LogP contribution is -2.47. The minimum atomic E-state index is -0.738. The molecule has 5 rings (SSSR count). The van der Waals surface area contributed by atoms with Crippen LogP contribution in [-0.2, 0) is 33.0 Å². The summed E-state index contributed by atoms with van der Waals surface area (Å²) in [5, 5.41) is 0. The summed E-state index contributed by atoms with van der Waals surface area (Å²) in [5.74, 6) is 2.66. The van der Waals surface area contributed by atoms with E-state index in [0.29, 0.717) is 22.5 Å². The van der Waals surface area contributed by atoms with E-state index in [9.17, 15) is 9.59 Å². The van der Waals surface area contributed by atoms with Gasteiger partial charge in [0.15, 0.2) is 0 Å². The Labute approximate surface area is 261 Å². The highest BCUT2D eigenvalue weighted by Gasteiger charge is 2.56. The van der Waals surface area contributed by atoms with Gasteiger partial charge in [0, 0.05) is 18.2 Å². The predicted octanol–water partition coefficient (Wildman–Crippen LogP) is 8.47. The van der Waals surface area contributed by atoms with Crippen molar-refractivity contribution in [3.8, 4) is 0 Å². The number of carbonyl (C=O) groups excluding carboxylic acids is 2. The van der Waals surface area contributed by atoms with E-state index in [0.717, 1.165) is 37.7 Å². The van der Waals surface area contributed by atoms with Crippen LogP contribution < -0.4 is 0 Å². The Morgan fingerprint density at radius 1 is 1.02 bits per heavy atom. The van der Waals surface area contributed by atoms with Crippen LogP contribution in [0, 0.1) is 17.3 Å². The number of benzene rings is 2. The molecule has 5 nitrogen and oxygen atoms in total. The largest absolute Gasteiger partial charge is 0.460 e. The normalized spacial score (nSPS) is 27.7. The maximum atomic E-state index is 13.3. The number of fused-ring (bicyclic) bond motifs is 5. The van der Waals surface area contributed by atoms with Crippen molar-refractivity contribution in [3.63, 3.8) is 0 Å². The molecule has 0 radical (unpaired) electrons. The van der Waals surface area contributed by atoms with Crippen LogP contribution in [0.15, 0.2) is 48.5 Å². The second kappa shape index (κ2) is 12.1. The zero-order valence-electron chi connectivity index (χ0n) is 27.7. The molecule has 0 saturated heterocycles. The van der Waals surface area contributed by atoms with Crippen LogP contribution in [0.3, 0.4) is 0 Å². The van der Waals surface area contributed by atoms with Gasteiger partial charge in [0.2, 0.25) is 0 Å². The predicted molar refractivity (Wildman–Crippen MR) is 178 cm³/mol. The molecule has 2 aromatic rings. The molecule has 0 aromatic heterocycles. The van der Waals surface area contributed by atoms with Crippen molar-refractivity contribution < 1.29 is 19.1 Å². The summed E-state index contributed by atoms with van der Waals surface area (Å²) in [6.45, 7) is 11.4. The molecule has 2 fully saturated rings. The van der Waals surface area contributed by atoms with Gasteiger partial charge >= 0.3 is 12.1 Å². The topological polar surface area (TPSA) is 55.8 Å². The first-order valence-corrected chi connectivity index (χ1v) is 18.8. The molecule has 0 aliphatic heterocycles. The van der Waals surface area contributed by atoms with E-state index in [4.69, 9.17) is 9.47 Å². The summed E-state index contributed by atoms with van der Waals surface area (Å²) in [7, 11) is 0.873. The van der Waals surface area contributed by atoms with Crippen LogP contribution in [0.2, 0.25) is 0 Å². The minimum absolute atomic E-state index is 0.0134. The number of hydrogen-bond donors (Lipinski definition) is 0. The molecule has 3 aliphatic rings. The second-order valence-electron chi connectivity index (χ2n) is 15.1. The number of carbonyl (C=O) groups is 2. The SMILES string of the molecule is C[C@@H](C(=O)OC1CCC2C3CCc4cc(CS(C)(C)C(C)(C)C)ccc4C3CCC12C)N(C)C(=O)OCc1ccccc1. The molecule has 236 valence electrons. The fraction of sp³-hybridized carbons (Fsp3) is 0.622. The number of aryl methyl sites for hydroxylation is 1. The molecule has 2 aromatic carbocycles. The zero-order chi connectivity index (χ0) is 31.2. The highest BCUT2D eigenvalue weighted by molar-refractivity contribution is 8.33. The van der Waals surface area contributed by atoms with Crippen molar-refractivity contribution >= 4 is 22.1 Å². The van der Waals surface area contributed by atoms with Crippen LogP contribution in [0.5, 0.6) is 0 Å². The number of likely N-dealkylation sites (N-methyl/N-ethyl adjacent to an activating group) is 1. The smallest absolute Gasteiger partial charge is 0.410 e. The molecule has 6 heteroatoms. The lowest BCUT2D eigenvalue weighted by molar-refractivity contribution is -0.162. The Morgan fingerprint density at radius 2 is 1.74 bits per heavy atom. The summed E-state index contributed by atoms with van der Waals surface area (Å²) in [6, 6.07) is 16.3. The maximum Gasteiger partial charge on any atom is 0.410 e. The number of esters is 1. The molecule has 1 amide bonds. The lowest BCUT2D eigenvalue weighted by Gasteiger charge is -2.50. The first-order valence-electron chi connectivity index (χ1n) is 16.2. The number of amides is 1. The first kappa shape index (κ1) is 31.9. The third kappa shape index (κ3) is 6.36. The van der Waals surface area contributed by atoms with E-state index in [1.54, 1.807) is 25.1 Å². The molecule has 0 bridgehead atoms. The van der Waals surface area contributed by atoms with E-state index in [-0.39, 0.29) is 24.1 Å². The molecular formula is C37H53NO4S. The van der Waals surface area contributed by atoms with Crippen molar-refractivity contribution in [2.24, 2.45) is 17.3 Å². The van der Waals surface area contributed by atoms with E-state index in [1.807, 2.05) is 30.3 Å². The van der Waals surface area contributed by atoms with Gasteiger partial charge in [0.1, 0.15) is 18.8 Å². The third-order valence-electron chi connectivity index (χ3n) is 11.6. The van der Waals surface area contributed by atoms with E-state index in [2.05, 4.69) is 58.4 Å². The Kier molecular flexibility index (Phi) is 9.02. The van der Waals surface area contributed by atoms with E-state index in [1.165, 1.54) is 22.6 Å². The quantitative estimate of drug-likeness (QED) is 0.296. The summed E-state index contributed by atoms with van der Waals surface area (Å²) in [4.78, 5) is 27.3.